The molecule has 1 rings (SSSR count). The van der Waals surface area contributed by atoms with Crippen LogP contribution in [0.4, 0.5) is 0 Å². The number of hydrogen-bond acceptors (Lipinski definition) is 2. The first-order valence-electron chi connectivity index (χ1n) is 6.82. The third-order valence-electron chi connectivity index (χ3n) is 3.24. The Bertz CT molecular complexity index is 352. The fourth-order valence-corrected chi connectivity index (χ4v) is 4.15. The molecule has 0 aromatic heterocycles. The van der Waals surface area contributed by atoms with E-state index in [1.165, 1.54) is 5.57 Å². The summed E-state index contributed by atoms with van der Waals surface area (Å²) in [5.41, 5.74) is 1.30. The summed E-state index contributed by atoms with van der Waals surface area (Å²) in [5.74, 6) is 0.749. The molecule has 1 aliphatic rings. The smallest absolute Gasteiger partial charge is 0.159 e. The largest absolute Gasteiger partial charge is 0.370 e. The van der Waals surface area contributed by atoms with Gasteiger partial charge < -0.3 is 4.90 Å². The lowest BCUT2D eigenvalue weighted by molar-refractivity contribution is -0.116. The molecule has 18 heavy (non-hydrogen) atoms. The molecule has 2 nitrogen and oxygen atoms in total. The summed E-state index contributed by atoms with van der Waals surface area (Å²) < 4.78 is 0. The van der Waals surface area contributed by atoms with Crippen molar-refractivity contribution in [2.45, 2.75) is 52.0 Å². The molecule has 3 heteroatoms. The minimum absolute atomic E-state index is 0.251. The Hall–Kier alpha value is -0.833. The Morgan fingerprint density at radius 3 is 2.61 bits per heavy atom. The Morgan fingerprint density at radius 2 is 2.11 bits per heavy atom. The van der Waals surface area contributed by atoms with Gasteiger partial charge in [0.1, 0.15) is 0 Å². The maximum Gasteiger partial charge on any atom is 0.159 e. The van der Waals surface area contributed by atoms with Gasteiger partial charge in [-0.3, -0.25) is 4.79 Å². The highest BCUT2D eigenvalue weighted by Crippen LogP contribution is 2.23. The summed E-state index contributed by atoms with van der Waals surface area (Å²) in [6.07, 6.45) is 4.32. The molecule has 0 aromatic rings. The van der Waals surface area contributed by atoms with Crippen LogP contribution in [0.25, 0.3) is 0 Å². The fourth-order valence-electron chi connectivity index (χ4n) is 2.53. The van der Waals surface area contributed by atoms with Crippen LogP contribution >= 0.6 is 0 Å². The maximum absolute atomic E-state index is 11.5. The highest BCUT2D eigenvalue weighted by Gasteiger charge is 2.26. The number of ketones is 1. The van der Waals surface area contributed by atoms with Gasteiger partial charge in [0.2, 0.25) is 0 Å². The van der Waals surface area contributed by atoms with Crippen molar-refractivity contribution in [2.75, 3.05) is 6.54 Å². The van der Waals surface area contributed by atoms with Gasteiger partial charge in [0.15, 0.2) is 5.78 Å². The standard InChI is InChI=1S/C15H27NOSi/c1-12(2)15-9-14(17)7-8-16(15)10-13(3)11-18(4,5)6/h7-8,12,15H,3,9-11H2,1-2,4-6H3. The van der Waals surface area contributed by atoms with E-state index in [0.717, 1.165) is 12.6 Å². The molecule has 0 aliphatic carbocycles. The average Bonchev–Trinajstić information content (AvgIpc) is 2.17. The summed E-state index contributed by atoms with van der Waals surface area (Å²) in [5, 5.41) is 0. The van der Waals surface area contributed by atoms with Gasteiger partial charge in [-0.2, -0.15) is 0 Å². The second-order valence-electron chi connectivity index (χ2n) is 6.96. The van der Waals surface area contributed by atoms with Crippen molar-refractivity contribution >= 4 is 13.9 Å². The number of nitrogens with zero attached hydrogens (tertiary/aromatic N) is 1. The monoisotopic (exact) mass is 265 g/mol. The van der Waals surface area contributed by atoms with Gasteiger partial charge in [0, 0.05) is 33.3 Å². The van der Waals surface area contributed by atoms with Crippen molar-refractivity contribution in [1.82, 2.24) is 4.90 Å². The third-order valence-corrected chi connectivity index (χ3v) is 4.80. The van der Waals surface area contributed by atoms with Crippen LogP contribution in [0.3, 0.4) is 0 Å². The van der Waals surface area contributed by atoms with Crippen molar-refractivity contribution in [3.8, 4) is 0 Å². The van der Waals surface area contributed by atoms with Gasteiger partial charge in [-0.05, 0) is 18.0 Å². The van der Waals surface area contributed by atoms with Crippen molar-refractivity contribution in [3.63, 3.8) is 0 Å². The van der Waals surface area contributed by atoms with Crippen LogP contribution < -0.4 is 0 Å². The first kappa shape index (κ1) is 15.2. The molecule has 1 atom stereocenters. The molecule has 1 unspecified atom stereocenters. The average molecular weight is 265 g/mol. The Labute approximate surface area is 113 Å². The van der Waals surface area contributed by atoms with Gasteiger partial charge in [-0.15, -0.1) is 0 Å². The van der Waals surface area contributed by atoms with Crippen molar-refractivity contribution in [1.29, 1.82) is 0 Å². The molecule has 1 heterocycles. The normalized spacial score (nSPS) is 20.7. The zero-order valence-corrected chi connectivity index (χ0v) is 13.5. The molecule has 0 saturated carbocycles. The van der Waals surface area contributed by atoms with E-state index in [1.807, 2.05) is 6.20 Å². The van der Waals surface area contributed by atoms with Crippen LogP contribution in [0, 0.1) is 5.92 Å². The highest BCUT2D eigenvalue weighted by atomic mass is 28.3. The minimum Gasteiger partial charge on any atom is -0.370 e. The molecule has 0 N–H and O–H groups in total. The van der Waals surface area contributed by atoms with E-state index in [0.29, 0.717) is 18.4 Å². The van der Waals surface area contributed by atoms with Gasteiger partial charge >= 0.3 is 0 Å². The van der Waals surface area contributed by atoms with Crippen LogP contribution in [-0.4, -0.2) is 31.3 Å². The first-order valence-corrected chi connectivity index (χ1v) is 10.5. The van der Waals surface area contributed by atoms with Crippen LogP contribution in [0.2, 0.25) is 25.7 Å². The quantitative estimate of drug-likeness (QED) is 0.558. The zero-order valence-electron chi connectivity index (χ0n) is 12.5. The predicted octanol–water partition coefficient (Wildman–Crippen LogP) is 3.69. The predicted molar refractivity (Wildman–Crippen MR) is 81.4 cm³/mol. The number of rotatable bonds is 5. The van der Waals surface area contributed by atoms with Gasteiger partial charge in [-0.1, -0.05) is 45.6 Å². The van der Waals surface area contributed by atoms with Crippen molar-refractivity contribution in [3.05, 3.63) is 24.4 Å². The summed E-state index contributed by atoms with van der Waals surface area (Å²) in [4.78, 5) is 13.8. The van der Waals surface area contributed by atoms with Crippen LogP contribution in [0.1, 0.15) is 20.3 Å². The minimum atomic E-state index is -1.08. The second-order valence-corrected chi connectivity index (χ2v) is 12.4. The van der Waals surface area contributed by atoms with E-state index in [1.54, 1.807) is 6.08 Å². The van der Waals surface area contributed by atoms with Crippen LogP contribution in [0.15, 0.2) is 24.4 Å². The SMILES string of the molecule is C=C(CN1C=CC(=O)CC1C(C)C)C[Si](C)(C)C. The van der Waals surface area contributed by atoms with E-state index in [-0.39, 0.29) is 5.78 Å². The molecule has 0 saturated heterocycles. The van der Waals surface area contributed by atoms with E-state index in [9.17, 15) is 4.79 Å². The van der Waals surface area contributed by atoms with Crippen LogP contribution in [0.5, 0.6) is 0 Å². The lowest BCUT2D eigenvalue weighted by atomic mass is 9.94. The van der Waals surface area contributed by atoms with E-state index in [2.05, 4.69) is 45.0 Å². The Kier molecular flexibility index (Phi) is 4.97. The van der Waals surface area contributed by atoms with E-state index in [4.69, 9.17) is 0 Å². The first-order chi connectivity index (χ1) is 8.19. The Morgan fingerprint density at radius 1 is 1.50 bits per heavy atom. The van der Waals surface area contributed by atoms with Crippen LogP contribution in [-0.2, 0) is 4.79 Å². The lowest BCUT2D eigenvalue weighted by Gasteiger charge is -2.36. The molecule has 0 amide bonds. The number of hydrogen-bond donors (Lipinski definition) is 0. The van der Waals surface area contributed by atoms with E-state index < -0.39 is 8.07 Å². The number of carbonyl (C=O) groups excluding carboxylic acids is 1. The summed E-state index contributed by atoms with van der Waals surface area (Å²) in [6.45, 7) is 16.6. The Balaban J connectivity index is 2.66. The van der Waals surface area contributed by atoms with Crippen molar-refractivity contribution in [2.24, 2.45) is 5.92 Å². The molecular formula is C15H27NOSi. The second kappa shape index (κ2) is 5.87. The summed E-state index contributed by atoms with van der Waals surface area (Å²) in [6, 6.07) is 1.50. The van der Waals surface area contributed by atoms with Gasteiger partial charge in [0.05, 0.1) is 0 Å². The summed E-state index contributed by atoms with van der Waals surface area (Å²) in [7, 11) is -1.08. The molecule has 0 fully saturated rings. The molecule has 0 aromatic carbocycles. The summed E-state index contributed by atoms with van der Waals surface area (Å²) >= 11 is 0. The van der Waals surface area contributed by atoms with Gasteiger partial charge in [0.25, 0.3) is 0 Å². The number of carbonyl (C=O) groups is 1. The molecular weight excluding hydrogens is 238 g/mol. The molecule has 0 bridgehead atoms. The molecule has 102 valence electrons. The topological polar surface area (TPSA) is 20.3 Å². The van der Waals surface area contributed by atoms with Gasteiger partial charge in [-0.25, -0.2) is 0 Å². The highest BCUT2D eigenvalue weighted by molar-refractivity contribution is 6.76. The molecule has 1 aliphatic heterocycles. The number of allylic oxidation sites excluding steroid dienone is 1. The molecule has 0 radical (unpaired) electrons. The fraction of sp³-hybridized carbons (Fsp3) is 0.667. The maximum atomic E-state index is 11.5. The van der Waals surface area contributed by atoms with Crippen molar-refractivity contribution < 1.29 is 4.79 Å². The zero-order chi connectivity index (χ0) is 13.9. The third kappa shape index (κ3) is 4.81. The lowest BCUT2D eigenvalue weighted by Crippen LogP contribution is -2.40. The molecule has 0 spiro atoms. The van der Waals surface area contributed by atoms with E-state index >= 15 is 0 Å².